The Morgan fingerprint density at radius 3 is 2.36 bits per heavy atom. The molecule has 2 rings (SSSR count). The zero-order chi connectivity index (χ0) is 18.6. The van der Waals surface area contributed by atoms with E-state index >= 15 is 0 Å². The number of imide groups is 1. The van der Waals surface area contributed by atoms with Crippen LogP contribution in [-0.2, 0) is 14.8 Å². The van der Waals surface area contributed by atoms with Crippen LogP contribution in [0.4, 0.5) is 4.79 Å². The van der Waals surface area contributed by atoms with Crippen molar-refractivity contribution in [2.45, 2.75) is 25.2 Å². The fraction of sp³-hybridized carbons (Fsp3) is 0.500. The van der Waals surface area contributed by atoms with Crippen LogP contribution in [0.25, 0.3) is 0 Å². The molecule has 3 amide bonds. The SMILES string of the molecule is Cc1ccc(S(=O)(=O)N2CCN(CCC(=O)NC(N)=O)CC2)c(C)c1. The van der Waals surface area contributed by atoms with Crippen molar-refractivity contribution in [3.8, 4) is 0 Å². The van der Waals surface area contributed by atoms with Crippen LogP contribution in [0.1, 0.15) is 17.5 Å². The number of sulfonamides is 1. The molecule has 1 aliphatic rings. The number of carbonyl (C=O) groups excluding carboxylic acids is 2. The Labute approximate surface area is 148 Å². The van der Waals surface area contributed by atoms with Gasteiger partial charge in [0.1, 0.15) is 0 Å². The highest BCUT2D eigenvalue weighted by Gasteiger charge is 2.29. The van der Waals surface area contributed by atoms with Gasteiger partial charge < -0.3 is 10.6 Å². The number of nitrogens with one attached hydrogen (secondary N) is 1. The van der Waals surface area contributed by atoms with Crippen molar-refractivity contribution in [1.29, 1.82) is 0 Å². The number of rotatable bonds is 5. The Bertz CT molecular complexity index is 755. The summed E-state index contributed by atoms with van der Waals surface area (Å²) in [6, 6.07) is 4.45. The largest absolute Gasteiger partial charge is 0.351 e. The Balaban J connectivity index is 1.93. The van der Waals surface area contributed by atoms with E-state index in [9.17, 15) is 18.0 Å². The van der Waals surface area contributed by atoms with Crippen LogP contribution < -0.4 is 11.1 Å². The van der Waals surface area contributed by atoms with E-state index < -0.39 is 22.0 Å². The maximum absolute atomic E-state index is 12.8. The van der Waals surface area contributed by atoms with Gasteiger partial charge in [-0.3, -0.25) is 10.1 Å². The Morgan fingerprint density at radius 2 is 1.80 bits per heavy atom. The van der Waals surface area contributed by atoms with Crippen molar-refractivity contribution in [3.05, 3.63) is 29.3 Å². The molecule has 25 heavy (non-hydrogen) atoms. The van der Waals surface area contributed by atoms with Crippen molar-refractivity contribution in [1.82, 2.24) is 14.5 Å². The molecule has 0 atom stereocenters. The summed E-state index contributed by atoms with van der Waals surface area (Å²) in [5.74, 6) is -0.433. The lowest BCUT2D eigenvalue weighted by Crippen LogP contribution is -2.49. The van der Waals surface area contributed by atoms with Crippen molar-refractivity contribution >= 4 is 22.0 Å². The summed E-state index contributed by atoms with van der Waals surface area (Å²) in [7, 11) is -3.51. The minimum atomic E-state index is -3.51. The topological polar surface area (TPSA) is 113 Å². The lowest BCUT2D eigenvalue weighted by Gasteiger charge is -2.34. The highest BCUT2D eigenvalue weighted by molar-refractivity contribution is 7.89. The third-order valence-corrected chi connectivity index (χ3v) is 6.26. The fourth-order valence-corrected chi connectivity index (χ4v) is 4.51. The predicted octanol–water partition coefficient (Wildman–Crippen LogP) is 0.195. The molecule has 0 radical (unpaired) electrons. The van der Waals surface area contributed by atoms with Gasteiger partial charge in [0.15, 0.2) is 0 Å². The molecule has 0 aromatic heterocycles. The zero-order valence-electron chi connectivity index (χ0n) is 14.5. The molecule has 1 aliphatic heterocycles. The molecule has 3 N–H and O–H groups in total. The standard InChI is InChI=1S/C16H24N4O4S/c1-12-3-4-14(13(2)11-12)25(23,24)20-9-7-19(8-10-20)6-5-15(21)18-16(17)22/h3-4,11H,5-10H2,1-2H3,(H3,17,18,21,22). The first-order chi connectivity index (χ1) is 11.7. The van der Waals surface area contributed by atoms with Crippen LogP contribution in [0.15, 0.2) is 23.1 Å². The first-order valence-electron chi connectivity index (χ1n) is 8.09. The van der Waals surface area contributed by atoms with Crippen LogP contribution in [-0.4, -0.2) is 62.3 Å². The molecular weight excluding hydrogens is 344 g/mol. The zero-order valence-corrected chi connectivity index (χ0v) is 15.3. The van der Waals surface area contributed by atoms with Gasteiger partial charge in [-0.05, 0) is 25.5 Å². The van der Waals surface area contributed by atoms with Gasteiger partial charge in [-0.2, -0.15) is 4.31 Å². The van der Waals surface area contributed by atoms with E-state index in [1.165, 1.54) is 4.31 Å². The maximum Gasteiger partial charge on any atom is 0.318 e. The lowest BCUT2D eigenvalue weighted by atomic mass is 10.2. The second kappa shape index (κ2) is 7.94. The maximum atomic E-state index is 12.8. The molecular formula is C16H24N4O4S. The van der Waals surface area contributed by atoms with E-state index in [0.29, 0.717) is 37.6 Å². The van der Waals surface area contributed by atoms with Gasteiger partial charge in [0.25, 0.3) is 0 Å². The van der Waals surface area contributed by atoms with E-state index in [0.717, 1.165) is 11.1 Å². The van der Waals surface area contributed by atoms with Gasteiger partial charge in [0, 0.05) is 39.1 Å². The Hall–Kier alpha value is -1.97. The number of benzene rings is 1. The summed E-state index contributed by atoms with van der Waals surface area (Å²) in [4.78, 5) is 24.4. The van der Waals surface area contributed by atoms with Gasteiger partial charge in [0.2, 0.25) is 15.9 Å². The number of carbonyl (C=O) groups is 2. The summed E-state index contributed by atoms with van der Waals surface area (Å²) in [6.07, 6.45) is 0.146. The van der Waals surface area contributed by atoms with Gasteiger partial charge in [0.05, 0.1) is 4.90 Å². The number of urea groups is 1. The molecule has 1 saturated heterocycles. The minimum absolute atomic E-state index is 0.146. The average Bonchev–Trinajstić information content (AvgIpc) is 2.52. The summed E-state index contributed by atoms with van der Waals surface area (Å²) in [6.45, 7) is 5.99. The summed E-state index contributed by atoms with van der Waals surface area (Å²) in [5, 5.41) is 2.01. The highest BCUT2D eigenvalue weighted by atomic mass is 32.2. The molecule has 1 heterocycles. The number of hydrogen-bond acceptors (Lipinski definition) is 5. The molecule has 1 aromatic carbocycles. The second-order valence-electron chi connectivity index (χ2n) is 6.18. The van der Waals surface area contributed by atoms with Crippen LogP contribution in [0.3, 0.4) is 0 Å². The number of nitrogens with two attached hydrogens (primary N) is 1. The number of aryl methyl sites for hydroxylation is 2. The monoisotopic (exact) mass is 368 g/mol. The molecule has 0 unspecified atom stereocenters. The fourth-order valence-electron chi connectivity index (χ4n) is 2.88. The van der Waals surface area contributed by atoms with Crippen molar-refractivity contribution in [2.75, 3.05) is 32.7 Å². The number of hydrogen-bond donors (Lipinski definition) is 2. The van der Waals surface area contributed by atoms with Crippen molar-refractivity contribution in [2.24, 2.45) is 5.73 Å². The van der Waals surface area contributed by atoms with Crippen LogP contribution >= 0.6 is 0 Å². The third-order valence-electron chi connectivity index (χ3n) is 4.20. The smallest absolute Gasteiger partial charge is 0.318 e. The summed E-state index contributed by atoms with van der Waals surface area (Å²) < 4.78 is 27.1. The predicted molar refractivity (Wildman–Crippen MR) is 93.5 cm³/mol. The lowest BCUT2D eigenvalue weighted by molar-refractivity contribution is -0.120. The quantitative estimate of drug-likeness (QED) is 0.771. The molecule has 9 heteroatoms. The number of piperazine rings is 1. The number of primary amides is 1. The highest BCUT2D eigenvalue weighted by Crippen LogP contribution is 2.22. The van der Waals surface area contributed by atoms with E-state index in [2.05, 4.69) is 0 Å². The van der Waals surface area contributed by atoms with Gasteiger partial charge in [-0.25, -0.2) is 13.2 Å². The Morgan fingerprint density at radius 1 is 1.16 bits per heavy atom. The van der Waals surface area contributed by atoms with Crippen LogP contribution in [0.5, 0.6) is 0 Å². The minimum Gasteiger partial charge on any atom is -0.351 e. The second-order valence-corrected chi connectivity index (χ2v) is 8.08. The van der Waals surface area contributed by atoms with Crippen molar-refractivity contribution < 1.29 is 18.0 Å². The molecule has 8 nitrogen and oxygen atoms in total. The van der Waals surface area contributed by atoms with E-state index in [-0.39, 0.29) is 6.42 Å². The van der Waals surface area contributed by atoms with E-state index in [4.69, 9.17) is 5.73 Å². The average molecular weight is 368 g/mol. The van der Waals surface area contributed by atoms with Gasteiger partial charge in [-0.1, -0.05) is 17.7 Å². The molecule has 1 fully saturated rings. The van der Waals surface area contributed by atoms with E-state index in [1.54, 1.807) is 19.1 Å². The Kier molecular flexibility index (Phi) is 6.15. The third kappa shape index (κ3) is 5.00. The molecule has 0 saturated carbocycles. The number of amides is 3. The van der Waals surface area contributed by atoms with Crippen LogP contribution in [0.2, 0.25) is 0 Å². The van der Waals surface area contributed by atoms with E-state index in [1.807, 2.05) is 23.2 Å². The summed E-state index contributed by atoms with van der Waals surface area (Å²) >= 11 is 0. The molecule has 138 valence electrons. The molecule has 0 aliphatic carbocycles. The van der Waals surface area contributed by atoms with Crippen LogP contribution in [0, 0.1) is 13.8 Å². The van der Waals surface area contributed by atoms with Crippen molar-refractivity contribution in [3.63, 3.8) is 0 Å². The summed E-state index contributed by atoms with van der Waals surface area (Å²) in [5.41, 5.74) is 6.65. The molecule has 0 bridgehead atoms. The van der Waals surface area contributed by atoms with Gasteiger partial charge in [-0.15, -0.1) is 0 Å². The first-order valence-corrected chi connectivity index (χ1v) is 9.53. The number of nitrogens with zero attached hydrogens (tertiary/aromatic N) is 2. The molecule has 1 aromatic rings. The van der Waals surface area contributed by atoms with Gasteiger partial charge >= 0.3 is 6.03 Å². The molecule has 0 spiro atoms. The normalized spacial score (nSPS) is 16.6. The first kappa shape index (κ1) is 19.4.